The lowest BCUT2D eigenvalue weighted by Gasteiger charge is -2.38. The monoisotopic (exact) mass is 297 g/mol. The fourth-order valence-corrected chi connectivity index (χ4v) is 3.96. The van der Waals surface area contributed by atoms with Crippen LogP contribution in [0.4, 0.5) is 0 Å². The van der Waals surface area contributed by atoms with Crippen molar-refractivity contribution in [2.45, 2.75) is 51.3 Å². The molecule has 1 heterocycles. The summed E-state index contributed by atoms with van der Waals surface area (Å²) in [4.78, 5) is 14.0. The summed E-state index contributed by atoms with van der Waals surface area (Å²) in [6, 6.07) is 0. The van der Waals surface area contributed by atoms with Gasteiger partial charge in [-0.15, -0.1) is 0 Å². The first-order valence-corrected chi connectivity index (χ1v) is 8.37. The number of hydrogen-bond acceptors (Lipinski definition) is 4. The molecule has 1 saturated carbocycles. The molecule has 2 fully saturated rings. The van der Waals surface area contributed by atoms with Gasteiger partial charge in [0, 0.05) is 6.54 Å². The highest BCUT2D eigenvalue weighted by Gasteiger charge is 2.36. The fraction of sp³-hybridized carbons (Fsp3) is 0.933. The summed E-state index contributed by atoms with van der Waals surface area (Å²) >= 11 is 0. The number of carboxylic acid groups (broad SMARTS) is 1. The lowest BCUT2D eigenvalue weighted by molar-refractivity contribution is -0.146. The van der Waals surface area contributed by atoms with Gasteiger partial charge in [-0.25, -0.2) is 0 Å². The fourth-order valence-electron chi connectivity index (χ4n) is 3.96. The molecule has 21 heavy (non-hydrogen) atoms. The van der Waals surface area contributed by atoms with Gasteiger partial charge in [0.2, 0.25) is 0 Å². The molecule has 0 aromatic heterocycles. The van der Waals surface area contributed by atoms with E-state index in [2.05, 4.69) is 4.90 Å². The van der Waals surface area contributed by atoms with Gasteiger partial charge in [0.1, 0.15) is 0 Å². The summed E-state index contributed by atoms with van der Waals surface area (Å²) in [5.74, 6) is -0.353. The molecule has 1 aliphatic carbocycles. The Hall–Kier alpha value is -0.585. The molecule has 1 saturated heterocycles. The van der Waals surface area contributed by atoms with Crippen LogP contribution in [0, 0.1) is 17.8 Å². The van der Waals surface area contributed by atoms with Crippen molar-refractivity contribution in [1.29, 1.82) is 0 Å². The molecule has 3 atom stereocenters. The molecule has 2 rings (SSSR count). The minimum atomic E-state index is -1.26. The predicted octanol–water partition coefficient (Wildman–Crippen LogP) is 1.45. The van der Waals surface area contributed by atoms with E-state index in [9.17, 15) is 9.90 Å². The van der Waals surface area contributed by atoms with E-state index in [-0.39, 0.29) is 11.8 Å². The molecule has 0 radical (unpaired) electrons. The largest absolute Gasteiger partial charge is 0.481 e. The summed E-state index contributed by atoms with van der Waals surface area (Å²) < 4.78 is 0. The summed E-state index contributed by atoms with van der Waals surface area (Å²) in [5.41, 5.74) is 0. The minimum Gasteiger partial charge on any atom is -0.481 e. The van der Waals surface area contributed by atoms with Crippen molar-refractivity contribution in [1.82, 2.24) is 4.90 Å². The summed E-state index contributed by atoms with van der Waals surface area (Å²) in [6.45, 7) is 3.15. The quantitative estimate of drug-likeness (QED) is 0.647. The molecule has 0 aromatic carbocycles. The Morgan fingerprint density at radius 1 is 1.14 bits per heavy atom. The van der Waals surface area contributed by atoms with Crippen molar-refractivity contribution in [2.75, 3.05) is 19.6 Å². The summed E-state index contributed by atoms with van der Waals surface area (Å²) in [6.07, 6.45) is 7.53. The third-order valence-corrected chi connectivity index (χ3v) is 5.19. The number of carboxylic acids is 1. The molecule has 6 heteroatoms. The zero-order valence-electron chi connectivity index (χ0n) is 12.8. The van der Waals surface area contributed by atoms with Crippen molar-refractivity contribution >= 4 is 13.1 Å². The highest BCUT2D eigenvalue weighted by Crippen LogP contribution is 2.37. The molecule has 120 valence electrons. The van der Waals surface area contributed by atoms with E-state index in [0.717, 1.165) is 38.9 Å². The third kappa shape index (κ3) is 5.27. The number of hydrogen-bond donors (Lipinski definition) is 3. The van der Waals surface area contributed by atoms with Crippen LogP contribution in [0.5, 0.6) is 0 Å². The van der Waals surface area contributed by atoms with Crippen molar-refractivity contribution in [3.05, 3.63) is 0 Å². The summed E-state index contributed by atoms with van der Waals surface area (Å²) in [5, 5.41) is 27.4. The maximum atomic E-state index is 11.6. The van der Waals surface area contributed by atoms with Gasteiger partial charge < -0.3 is 20.1 Å². The SMILES string of the molecule is O=C(O)C1C[C@H](CCB(O)O)CCC1CN1CCCCC1. The standard InChI is InChI=1S/C15H28BNO4/c18-15(19)14-10-12(6-7-16(20)21)4-5-13(14)11-17-8-2-1-3-9-17/h12-14,20-21H,1-11H2,(H,18,19)/t12-,13?,14?/m0/s1. The van der Waals surface area contributed by atoms with Crippen LogP contribution >= 0.6 is 0 Å². The Labute approximate surface area is 127 Å². The maximum absolute atomic E-state index is 11.6. The lowest BCUT2D eigenvalue weighted by Crippen LogP contribution is -2.41. The van der Waals surface area contributed by atoms with Crippen LogP contribution in [0.1, 0.15) is 44.9 Å². The van der Waals surface area contributed by atoms with Crippen LogP contribution in [-0.4, -0.2) is 52.8 Å². The third-order valence-electron chi connectivity index (χ3n) is 5.19. The van der Waals surface area contributed by atoms with E-state index in [1.165, 1.54) is 19.3 Å². The van der Waals surface area contributed by atoms with E-state index < -0.39 is 13.1 Å². The van der Waals surface area contributed by atoms with Crippen molar-refractivity contribution < 1.29 is 19.9 Å². The van der Waals surface area contributed by atoms with E-state index in [0.29, 0.717) is 18.7 Å². The zero-order valence-corrected chi connectivity index (χ0v) is 12.8. The van der Waals surface area contributed by atoms with Crippen LogP contribution in [0.15, 0.2) is 0 Å². The van der Waals surface area contributed by atoms with E-state index in [1.54, 1.807) is 0 Å². The maximum Gasteiger partial charge on any atom is 0.451 e. The van der Waals surface area contributed by atoms with Gasteiger partial charge in [-0.2, -0.15) is 0 Å². The van der Waals surface area contributed by atoms with Crippen molar-refractivity contribution in [2.24, 2.45) is 17.8 Å². The summed E-state index contributed by atoms with van der Waals surface area (Å²) in [7, 11) is -1.26. The molecule has 0 spiro atoms. The molecular weight excluding hydrogens is 269 g/mol. The Morgan fingerprint density at radius 3 is 2.48 bits per heavy atom. The topological polar surface area (TPSA) is 81.0 Å². The van der Waals surface area contributed by atoms with E-state index in [1.807, 2.05) is 0 Å². The Morgan fingerprint density at radius 2 is 1.86 bits per heavy atom. The minimum absolute atomic E-state index is 0.260. The second-order valence-electron chi connectivity index (χ2n) is 6.80. The molecule has 2 unspecified atom stereocenters. The normalized spacial score (nSPS) is 31.0. The van der Waals surface area contributed by atoms with Crippen LogP contribution in [0.2, 0.25) is 6.32 Å². The number of aliphatic carboxylic acids is 1. The van der Waals surface area contributed by atoms with Gasteiger partial charge in [0.25, 0.3) is 0 Å². The zero-order chi connectivity index (χ0) is 15.2. The molecule has 5 nitrogen and oxygen atoms in total. The van der Waals surface area contributed by atoms with Gasteiger partial charge in [0.05, 0.1) is 5.92 Å². The molecule has 3 N–H and O–H groups in total. The number of likely N-dealkylation sites (tertiary alicyclic amines) is 1. The van der Waals surface area contributed by atoms with E-state index >= 15 is 0 Å². The number of piperidine rings is 1. The lowest BCUT2D eigenvalue weighted by atomic mass is 9.69. The first kappa shape index (κ1) is 16.8. The molecule has 1 aliphatic heterocycles. The van der Waals surface area contributed by atoms with Crippen LogP contribution in [0.3, 0.4) is 0 Å². The smallest absolute Gasteiger partial charge is 0.451 e. The second-order valence-corrected chi connectivity index (χ2v) is 6.80. The number of nitrogens with zero attached hydrogens (tertiary/aromatic N) is 1. The molecule has 0 aromatic rings. The Balaban J connectivity index is 1.85. The van der Waals surface area contributed by atoms with Gasteiger partial charge in [0.15, 0.2) is 0 Å². The Kier molecular flexibility index (Phi) is 6.52. The van der Waals surface area contributed by atoms with E-state index in [4.69, 9.17) is 10.0 Å². The predicted molar refractivity (Wildman–Crippen MR) is 81.9 cm³/mol. The number of carbonyl (C=O) groups is 1. The van der Waals surface area contributed by atoms with Crippen LogP contribution < -0.4 is 0 Å². The highest BCUT2D eigenvalue weighted by atomic mass is 16.4. The molecule has 0 bridgehead atoms. The van der Waals surface area contributed by atoms with Gasteiger partial charge >= 0.3 is 13.1 Å². The van der Waals surface area contributed by atoms with Crippen LogP contribution in [0.25, 0.3) is 0 Å². The second kappa shape index (κ2) is 8.15. The van der Waals surface area contributed by atoms with Gasteiger partial charge in [-0.05, 0) is 56.9 Å². The van der Waals surface area contributed by atoms with Gasteiger partial charge in [-0.3, -0.25) is 4.79 Å². The first-order valence-electron chi connectivity index (χ1n) is 8.37. The molecule has 2 aliphatic rings. The average molecular weight is 297 g/mol. The van der Waals surface area contributed by atoms with Gasteiger partial charge in [-0.1, -0.05) is 19.3 Å². The number of rotatable bonds is 6. The van der Waals surface area contributed by atoms with Crippen molar-refractivity contribution in [3.63, 3.8) is 0 Å². The van der Waals surface area contributed by atoms with Crippen molar-refractivity contribution in [3.8, 4) is 0 Å². The first-order chi connectivity index (χ1) is 10.1. The molecule has 0 amide bonds. The Bertz CT molecular complexity index is 334. The van der Waals surface area contributed by atoms with Crippen LogP contribution in [-0.2, 0) is 4.79 Å². The average Bonchev–Trinajstić information content (AvgIpc) is 2.47. The highest BCUT2D eigenvalue weighted by molar-refractivity contribution is 6.40. The molecular formula is C15H28BNO4.